The van der Waals surface area contributed by atoms with Gasteiger partial charge in [0.25, 0.3) is 0 Å². The minimum absolute atomic E-state index is 0.0638. The molecule has 2 aliphatic carbocycles. The second kappa shape index (κ2) is 9.38. The highest BCUT2D eigenvalue weighted by atomic mass is 19.4. The van der Waals surface area contributed by atoms with Crippen molar-refractivity contribution in [3.8, 4) is 5.75 Å². The predicted octanol–water partition coefficient (Wildman–Crippen LogP) is 7.86. The highest BCUT2D eigenvalue weighted by molar-refractivity contribution is 5.71. The Balaban J connectivity index is 1.15. The van der Waals surface area contributed by atoms with E-state index >= 15 is 0 Å². The number of aliphatic carboxylic acids is 1. The van der Waals surface area contributed by atoms with Gasteiger partial charge < -0.3 is 9.84 Å². The molecule has 2 aromatic rings. The van der Waals surface area contributed by atoms with Gasteiger partial charge in [0.1, 0.15) is 11.4 Å². The van der Waals surface area contributed by atoms with E-state index in [0.717, 1.165) is 55.4 Å². The van der Waals surface area contributed by atoms with Gasteiger partial charge in [-0.1, -0.05) is 19.1 Å². The van der Waals surface area contributed by atoms with Crippen LogP contribution in [0, 0.1) is 17.3 Å². The van der Waals surface area contributed by atoms with Crippen LogP contribution in [0.4, 0.5) is 26.3 Å². The summed E-state index contributed by atoms with van der Waals surface area (Å²) in [5.74, 6) is -0.223. The molecule has 1 N–H and O–H groups in total. The second-order valence-electron chi connectivity index (χ2n) is 12.9. The maximum Gasteiger partial charge on any atom is 0.416 e. The summed E-state index contributed by atoms with van der Waals surface area (Å²) in [6.07, 6.45) is -4.32. The third-order valence-corrected chi connectivity index (χ3v) is 9.86. The Morgan fingerprint density at radius 3 is 2.27 bits per heavy atom. The Morgan fingerprint density at radius 2 is 1.68 bits per heavy atom. The summed E-state index contributed by atoms with van der Waals surface area (Å²) in [6.45, 7) is 4.29. The molecule has 2 spiro atoms. The lowest BCUT2D eigenvalue weighted by molar-refractivity contribution is -0.192. The van der Waals surface area contributed by atoms with E-state index in [-0.39, 0.29) is 22.5 Å². The number of fused-ring (bicyclic) bond motifs is 1. The lowest BCUT2D eigenvalue weighted by Crippen LogP contribution is -2.70. The number of rotatable bonds is 6. The van der Waals surface area contributed by atoms with E-state index in [1.54, 1.807) is 6.92 Å². The van der Waals surface area contributed by atoms with Gasteiger partial charge in [-0.15, -0.1) is 0 Å². The number of carboxylic acids is 1. The SMILES string of the molecule is C[C@H](C(=O)O)[C@H](c1ccc2c(c1)OC1(CC2)CC2(CN([C@H](C)c3cc(C(F)(F)F)ccc3C(F)(F)F)C2)C1)C1CC1. The van der Waals surface area contributed by atoms with Crippen molar-refractivity contribution in [2.24, 2.45) is 17.3 Å². The molecule has 10 heteroatoms. The van der Waals surface area contributed by atoms with Crippen molar-refractivity contribution in [2.75, 3.05) is 13.1 Å². The number of halogens is 6. The number of alkyl halides is 6. The fraction of sp³-hybridized carbons (Fsp3) is 0.581. The van der Waals surface area contributed by atoms with Crippen molar-refractivity contribution >= 4 is 5.97 Å². The van der Waals surface area contributed by atoms with Crippen molar-refractivity contribution in [3.05, 3.63) is 64.2 Å². The number of ether oxygens (including phenoxy) is 1. The first kappa shape index (κ1) is 28.4. The highest BCUT2D eigenvalue weighted by Crippen LogP contribution is 2.60. The lowest BCUT2D eigenvalue weighted by Gasteiger charge is -2.65. The molecule has 4 nitrogen and oxygen atoms in total. The van der Waals surface area contributed by atoms with E-state index in [1.807, 2.05) is 23.1 Å². The third kappa shape index (κ3) is 5.10. The predicted molar refractivity (Wildman–Crippen MR) is 138 cm³/mol. The van der Waals surface area contributed by atoms with Gasteiger partial charge >= 0.3 is 18.3 Å². The van der Waals surface area contributed by atoms with Crippen LogP contribution >= 0.6 is 0 Å². The van der Waals surface area contributed by atoms with E-state index in [9.17, 15) is 36.2 Å². The molecule has 222 valence electrons. The molecule has 4 aliphatic rings. The summed E-state index contributed by atoms with van der Waals surface area (Å²) in [5.41, 5.74) is -0.899. The maximum absolute atomic E-state index is 13.7. The molecule has 3 atom stereocenters. The maximum atomic E-state index is 13.7. The number of likely N-dealkylation sites (tertiary alicyclic amines) is 1. The molecule has 41 heavy (non-hydrogen) atoms. The van der Waals surface area contributed by atoms with Gasteiger partial charge in [-0.2, -0.15) is 26.3 Å². The number of benzene rings is 2. The van der Waals surface area contributed by atoms with Crippen LogP contribution in [0.3, 0.4) is 0 Å². The zero-order valence-electron chi connectivity index (χ0n) is 22.9. The minimum atomic E-state index is -4.75. The third-order valence-electron chi connectivity index (χ3n) is 9.86. The molecule has 0 aromatic heterocycles. The quantitative estimate of drug-likeness (QED) is 0.353. The van der Waals surface area contributed by atoms with Crippen molar-refractivity contribution in [3.63, 3.8) is 0 Å². The van der Waals surface area contributed by atoms with Crippen LogP contribution in [0.2, 0.25) is 0 Å². The zero-order valence-corrected chi connectivity index (χ0v) is 22.9. The summed E-state index contributed by atoms with van der Waals surface area (Å²) in [7, 11) is 0. The summed E-state index contributed by atoms with van der Waals surface area (Å²) in [4.78, 5) is 13.6. The van der Waals surface area contributed by atoms with Crippen LogP contribution in [-0.2, 0) is 23.6 Å². The molecule has 0 radical (unpaired) electrons. The van der Waals surface area contributed by atoms with Crippen molar-refractivity contribution in [1.29, 1.82) is 0 Å². The Kier molecular flexibility index (Phi) is 6.49. The zero-order chi connectivity index (χ0) is 29.5. The van der Waals surface area contributed by atoms with Gasteiger partial charge in [-0.25, -0.2) is 0 Å². The first-order valence-corrected chi connectivity index (χ1v) is 14.2. The van der Waals surface area contributed by atoms with Crippen LogP contribution in [0.5, 0.6) is 5.75 Å². The largest absolute Gasteiger partial charge is 0.487 e. The molecule has 2 saturated carbocycles. The standard InChI is InChI=1S/C31H33F6NO3/c1-17(27(39)40)26(20-4-5-20)21-6-3-19-9-10-29(41-25(19)11-21)13-28(14-29)15-38(16-28)18(2)23-12-22(30(32,33)34)7-8-24(23)31(35,36)37/h3,6-8,11-12,17-18,20,26H,4-5,9-10,13-16H2,1-2H3,(H,39,40)/t17-,18+,26-/m0/s1. The fourth-order valence-electron chi connectivity index (χ4n) is 7.72. The van der Waals surface area contributed by atoms with Crippen LogP contribution in [0.1, 0.15) is 85.7 Å². The molecule has 0 bridgehead atoms. The molecule has 0 unspecified atom stereocenters. The van der Waals surface area contributed by atoms with Gasteiger partial charge in [0, 0.05) is 24.5 Å². The second-order valence-corrected chi connectivity index (χ2v) is 12.9. The van der Waals surface area contributed by atoms with E-state index in [1.165, 1.54) is 6.92 Å². The monoisotopic (exact) mass is 581 g/mol. The van der Waals surface area contributed by atoms with E-state index in [0.29, 0.717) is 37.2 Å². The normalized spacial score (nSPS) is 23.6. The number of hydrogen-bond acceptors (Lipinski definition) is 3. The number of nitrogens with zero attached hydrogens (tertiary/aromatic N) is 1. The molecule has 0 amide bonds. The number of hydrogen-bond donors (Lipinski definition) is 1. The average Bonchev–Trinajstić information content (AvgIpc) is 3.68. The first-order valence-electron chi connectivity index (χ1n) is 14.2. The molecule has 2 aliphatic heterocycles. The summed E-state index contributed by atoms with van der Waals surface area (Å²) in [5, 5.41) is 9.65. The molecular weight excluding hydrogens is 548 g/mol. The Morgan fingerprint density at radius 1 is 1.00 bits per heavy atom. The van der Waals surface area contributed by atoms with Gasteiger partial charge in [0.15, 0.2) is 0 Å². The van der Waals surface area contributed by atoms with Crippen LogP contribution < -0.4 is 4.74 Å². The molecule has 1 saturated heterocycles. The average molecular weight is 582 g/mol. The first-order chi connectivity index (χ1) is 19.1. The Bertz CT molecular complexity index is 1350. The summed E-state index contributed by atoms with van der Waals surface area (Å²) in [6, 6.07) is 6.92. The van der Waals surface area contributed by atoms with Crippen molar-refractivity contribution < 1.29 is 41.0 Å². The summed E-state index contributed by atoms with van der Waals surface area (Å²) >= 11 is 0. The molecule has 2 aromatic carbocycles. The molecule has 2 heterocycles. The Hall–Kier alpha value is -2.75. The highest BCUT2D eigenvalue weighted by Gasteiger charge is 2.62. The van der Waals surface area contributed by atoms with Gasteiger partial charge in [0.2, 0.25) is 0 Å². The topological polar surface area (TPSA) is 49.8 Å². The molecule has 3 fully saturated rings. The summed E-state index contributed by atoms with van der Waals surface area (Å²) < 4.78 is 87.5. The number of aryl methyl sites for hydroxylation is 1. The number of carboxylic acid groups (broad SMARTS) is 1. The van der Waals surface area contributed by atoms with Gasteiger partial charge in [-0.3, -0.25) is 9.69 Å². The number of carbonyl (C=O) groups is 1. The minimum Gasteiger partial charge on any atom is -0.487 e. The van der Waals surface area contributed by atoms with Gasteiger partial charge in [-0.05, 0) is 98.2 Å². The molecule has 6 rings (SSSR count). The van der Waals surface area contributed by atoms with Crippen LogP contribution in [0.25, 0.3) is 0 Å². The lowest BCUT2D eigenvalue weighted by atomic mass is 9.53. The van der Waals surface area contributed by atoms with Crippen LogP contribution in [0.15, 0.2) is 36.4 Å². The smallest absolute Gasteiger partial charge is 0.416 e. The molecular formula is C31H33F6NO3. The van der Waals surface area contributed by atoms with Crippen molar-refractivity contribution in [2.45, 2.75) is 82.3 Å². The van der Waals surface area contributed by atoms with E-state index in [2.05, 4.69) is 0 Å². The van der Waals surface area contributed by atoms with Crippen LogP contribution in [-0.4, -0.2) is 34.7 Å². The van der Waals surface area contributed by atoms with Gasteiger partial charge in [0.05, 0.1) is 17.0 Å². The van der Waals surface area contributed by atoms with E-state index < -0.39 is 41.4 Å². The fourth-order valence-corrected chi connectivity index (χ4v) is 7.72. The van der Waals surface area contributed by atoms with E-state index in [4.69, 9.17) is 4.74 Å². The van der Waals surface area contributed by atoms with Crippen molar-refractivity contribution in [1.82, 2.24) is 4.90 Å². The Labute approximate surface area is 234 Å².